The van der Waals surface area contributed by atoms with Crippen LogP contribution in [0.5, 0.6) is 0 Å². The van der Waals surface area contributed by atoms with Gasteiger partial charge in [-0.05, 0) is 12.8 Å². The molecule has 1 aliphatic heterocycles. The molecule has 3 rings (SSSR count). The van der Waals surface area contributed by atoms with Crippen LogP contribution in [-0.4, -0.2) is 44.6 Å². The second kappa shape index (κ2) is 7.55. The molecule has 0 N–H and O–H groups in total. The molecule has 0 aromatic carbocycles. The second-order valence-corrected chi connectivity index (χ2v) is 6.91. The largest absolute Gasteiger partial charge is 0.389 e. The van der Waals surface area contributed by atoms with E-state index in [0.717, 1.165) is 24.4 Å². The highest BCUT2D eigenvalue weighted by molar-refractivity contribution is 7.07. The fourth-order valence-electron chi connectivity index (χ4n) is 3.13. The summed E-state index contributed by atoms with van der Waals surface area (Å²) in [4.78, 5) is 22.3. The lowest BCUT2D eigenvalue weighted by molar-refractivity contribution is -0.149. The van der Waals surface area contributed by atoms with Gasteiger partial charge in [0.25, 0.3) is 0 Å². The van der Waals surface area contributed by atoms with Crippen molar-refractivity contribution in [1.29, 1.82) is 0 Å². The number of carbonyl (C=O) groups excluding carboxylic acids is 1. The van der Waals surface area contributed by atoms with Gasteiger partial charge in [-0.2, -0.15) is 13.2 Å². The van der Waals surface area contributed by atoms with Crippen LogP contribution < -0.4 is 0 Å². The molecule has 9 heteroatoms. The maximum atomic E-state index is 12.3. The van der Waals surface area contributed by atoms with Crippen LogP contribution in [0.4, 0.5) is 13.2 Å². The average molecular weight is 372 g/mol. The van der Waals surface area contributed by atoms with Gasteiger partial charge in [0, 0.05) is 43.2 Å². The molecule has 1 atom stereocenters. The standard InChI is InChI=1S/C16H19F3N4OS/c17-16(18,19)4-3-14(24)22-6-1-2-12(8-22)15-20-5-7-23(15)9-13-10-25-11-21-13/h5,7,10-12H,1-4,6,8-9H2. The Morgan fingerprint density at radius 3 is 2.92 bits per heavy atom. The third-order valence-electron chi connectivity index (χ3n) is 4.33. The number of likely N-dealkylation sites (tertiary alicyclic amines) is 1. The molecule has 1 amide bonds. The summed E-state index contributed by atoms with van der Waals surface area (Å²) >= 11 is 1.52. The number of imidazole rings is 1. The molecule has 3 heterocycles. The Morgan fingerprint density at radius 1 is 1.36 bits per heavy atom. The van der Waals surface area contributed by atoms with Crippen molar-refractivity contribution in [2.24, 2.45) is 0 Å². The summed E-state index contributed by atoms with van der Waals surface area (Å²) in [6, 6.07) is 0. The van der Waals surface area contributed by atoms with Crippen LogP contribution >= 0.6 is 11.3 Å². The van der Waals surface area contributed by atoms with E-state index < -0.39 is 24.9 Å². The number of rotatable bonds is 5. The summed E-state index contributed by atoms with van der Waals surface area (Å²) < 4.78 is 39.0. The Labute approximate surface area is 147 Å². The maximum absolute atomic E-state index is 12.3. The molecule has 1 aliphatic rings. The molecule has 0 bridgehead atoms. The first-order valence-corrected chi connectivity index (χ1v) is 9.09. The zero-order valence-electron chi connectivity index (χ0n) is 13.6. The highest BCUT2D eigenvalue weighted by atomic mass is 32.1. The highest BCUT2D eigenvalue weighted by Crippen LogP contribution is 2.28. The van der Waals surface area contributed by atoms with E-state index in [0.29, 0.717) is 19.6 Å². The van der Waals surface area contributed by atoms with E-state index in [4.69, 9.17) is 0 Å². The summed E-state index contributed by atoms with van der Waals surface area (Å²) in [6.45, 7) is 1.54. The number of nitrogens with zero attached hydrogens (tertiary/aromatic N) is 4. The lowest BCUT2D eigenvalue weighted by Gasteiger charge is -2.33. The Kier molecular flexibility index (Phi) is 5.41. The Bertz CT molecular complexity index is 699. The Hall–Kier alpha value is -1.90. The number of halogens is 3. The van der Waals surface area contributed by atoms with Crippen molar-refractivity contribution in [2.75, 3.05) is 13.1 Å². The van der Waals surface area contributed by atoms with Crippen molar-refractivity contribution in [3.05, 3.63) is 34.8 Å². The van der Waals surface area contributed by atoms with E-state index in [9.17, 15) is 18.0 Å². The van der Waals surface area contributed by atoms with Crippen LogP contribution in [0, 0.1) is 0 Å². The zero-order valence-corrected chi connectivity index (χ0v) is 14.4. The van der Waals surface area contributed by atoms with Crippen LogP contribution in [0.25, 0.3) is 0 Å². The monoisotopic (exact) mass is 372 g/mol. The number of thiazole rings is 1. The lowest BCUT2D eigenvalue weighted by atomic mass is 9.96. The van der Waals surface area contributed by atoms with Gasteiger partial charge in [-0.15, -0.1) is 11.3 Å². The van der Waals surface area contributed by atoms with E-state index in [-0.39, 0.29) is 5.92 Å². The van der Waals surface area contributed by atoms with Gasteiger partial charge in [0.2, 0.25) is 5.91 Å². The van der Waals surface area contributed by atoms with E-state index in [1.165, 1.54) is 11.3 Å². The van der Waals surface area contributed by atoms with Crippen molar-refractivity contribution in [3.8, 4) is 0 Å². The smallest absolute Gasteiger partial charge is 0.342 e. The molecule has 136 valence electrons. The van der Waals surface area contributed by atoms with Gasteiger partial charge in [0.05, 0.1) is 24.2 Å². The van der Waals surface area contributed by atoms with Gasteiger partial charge in [-0.3, -0.25) is 4.79 Å². The molecular weight excluding hydrogens is 353 g/mol. The Morgan fingerprint density at radius 2 is 2.20 bits per heavy atom. The minimum absolute atomic E-state index is 0.0391. The average Bonchev–Trinajstić information content (AvgIpc) is 3.24. The molecule has 0 radical (unpaired) electrons. The SMILES string of the molecule is O=C(CCC(F)(F)F)N1CCCC(c2nccn2Cc2cscn2)C1. The third kappa shape index (κ3) is 4.81. The van der Waals surface area contributed by atoms with Gasteiger partial charge >= 0.3 is 6.18 Å². The van der Waals surface area contributed by atoms with Crippen molar-refractivity contribution < 1.29 is 18.0 Å². The second-order valence-electron chi connectivity index (χ2n) is 6.19. The minimum atomic E-state index is -4.30. The van der Waals surface area contributed by atoms with Crippen molar-refractivity contribution in [3.63, 3.8) is 0 Å². The van der Waals surface area contributed by atoms with Crippen LogP contribution in [0.2, 0.25) is 0 Å². The molecule has 1 unspecified atom stereocenters. The molecule has 0 spiro atoms. The fraction of sp³-hybridized carbons (Fsp3) is 0.562. The van der Waals surface area contributed by atoms with Gasteiger partial charge in [0.1, 0.15) is 5.82 Å². The maximum Gasteiger partial charge on any atom is 0.389 e. The third-order valence-corrected chi connectivity index (χ3v) is 4.96. The number of alkyl halides is 3. The van der Waals surface area contributed by atoms with Crippen LogP contribution in [0.1, 0.15) is 43.1 Å². The number of aromatic nitrogens is 3. The number of amides is 1. The van der Waals surface area contributed by atoms with Crippen LogP contribution in [0.15, 0.2) is 23.3 Å². The normalized spacial score (nSPS) is 18.5. The summed E-state index contributed by atoms with van der Waals surface area (Å²) in [7, 11) is 0. The lowest BCUT2D eigenvalue weighted by Crippen LogP contribution is -2.40. The van der Waals surface area contributed by atoms with Crippen molar-refractivity contribution in [2.45, 2.75) is 44.3 Å². The topological polar surface area (TPSA) is 51.0 Å². The highest BCUT2D eigenvalue weighted by Gasteiger charge is 2.31. The zero-order chi connectivity index (χ0) is 17.9. The van der Waals surface area contributed by atoms with E-state index in [1.807, 2.05) is 16.1 Å². The van der Waals surface area contributed by atoms with Gasteiger partial charge < -0.3 is 9.47 Å². The summed E-state index contributed by atoms with van der Waals surface area (Å²) in [5.74, 6) is 0.471. The first-order valence-electron chi connectivity index (χ1n) is 8.15. The van der Waals surface area contributed by atoms with Gasteiger partial charge in [0.15, 0.2) is 0 Å². The van der Waals surface area contributed by atoms with E-state index in [1.54, 1.807) is 16.6 Å². The minimum Gasteiger partial charge on any atom is -0.342 e. The molecule has 1 saturated heterocycles. The van der Waals surface area contributed by atoms with Crippen molar-refractivity contribution in [1.82, 2.24) is 19.4 Å². The number of carbonyl (C=O) groups is 1. The first kappa shape index (κ1) is 17.9. The van der Waals surface area contributed by atoms with Gasteiger partial charge in [-0.25, -0.2) is 9.97 Å². The molecular formula is C16H19F3N4OS. The van der Waals surface area contributed by atoms with Crippen LogP contribution in [-0.2, 0) is 11.3 Å². The summed E-state index contributed by atoms with van der Waals surface area (Å²) in [6.07, 6.45) is -0.613. The summed E-state index contributed by atoms with van der Waals surface area (Å²) in [5.41, 5.74) is 2.71. The van der Waals surface area contributed by atoms with Crippen LogP contribution in [0.3, 0.4) is 0 Å². The first-order chi connectivity index (χ1) is 11.9. The quantitative estimate of drug-likeness (QED) is 0.808. The molecule has 2 aromatic rings. The molecule has 0 aliphatic carbocycles. The Balaban J connectivity index is 1.64. The molecule has 2 aromatic heterocycles. The predicted octanol–water partition coefficient (Wildman–Crippen LogP) is 3.44. The number of hydrogen-bond acceptors (Lipinski definition) is 4. The number of piperidine rings is 1. The molecule has 0 saturated carbocycles. The van der Waals surface area contributed by atoms with E-state index >= 15 is 0 Å². The number of hydrogen-bond donors (Lipinski definition) is 0. The fourth-order valence-corrected chi connectivity index (χ4v) is 3.68. The molecule has 5 nitrogen and oxygen atoms in total. The van der Waals surface area contributed by atoms with Crippen molar-refractivity contribution >= 4 is 17.2 Å². The van der Waals surface area contributed by atoms with E-state index in [2.05, 4.69) is 9.97 Å². The van der Waals surface area contributed by atoms with Gasteiger partial charge in [-0.1, -0.05) is 0 Å². The molecule has 1 fully saturated rings. The predicted molar refractivity (Wildman–Crippen MR) is 87.3 cm³/mol. The summed E-state index contributed by atoms with van der Waals surface area (Å²) in [5, 5.41) is 1.97. The molecule has 25 heavy (non-hydrogen) atoms.